The minimum atomic E-state index is -3.81. The largest absolute Gasteiger partial charge is 0.350 e. The van der Waals surface area contributed by atoms with Crippen molar-refractivity contribution >= 4 is 50.7 Å². The highest BCUT2D eigenvalue weighted by Crippen LogP contribution is 2.28. The predicted molar refractivity (Wildman–Crippen MR) is 147 cm³/mol. The second-order valence-corrected chi connectivity index (χ2v) is 12.6. The van der Waals surface area contributed by atoms with Gasteiger partial charge in [0.2, 0.25) is 21.8 Å². The number of nitrogens with one attached hydrogen (secondary N) is 1. The van der Waals surface area contributed by atoms with E-state index in [9.17, 15) is 18.0 Å². The van der Waals surface area contributed by atoms with E-state index in [1.54, 1.807) is 43.3 Å². The maximum Gasteiger partial charge on any atom is 0.244 e. The zero-order chi connectivity index (χ0) is 27.4. The molecule has 0 aromatic heterocycles. The van der Waals surface area contributed by atoms with Crippen molar-refractivity contribution < 1.29 is 18.0 Å². The lowest BCUT2D eigenvalue weighted by atomic mass is 10.1. The van der Waals surface area contributed by atoms with Crippen molar-refractivity contribution in [3.05, 3.63) is 63.1 Å². The van der Waals surface area contributed by atoms with Crippen molar-refractivity contribution in [1.82, 2.24) is 10.2 Å². The minimum absolute atomic E-state index is 0.0576. The summed E-state index contributed by atoms with van der Waals surface area (Å²) in [5.74, 6) is -0.899. The van der Waals surface area contributed by atoms with Gasteiger partial charge in [-0.25, -0.2) is 8.42 Å². The maximum atomic E-state index is 13.8. The van der Waals surface area contributed by atoms with Crippen LogP contribution in [0.25, 0.3) is 0 Å². The first-order valence-corrected chi connectivity index (χ1v) is 14.2. The summed E-state index contributed by atoms with van der Waals surface area (Å²) in [6.07, 6.45) is 1.35. The van der Waals surface area contributed by atoms with E-state index < -0.39 is 34.1 Å². The van der Waals surface area contributed by atoms with E-state index in [0.717, 1.165) is 21.7 Å². The molecule has 198 valence electrons. The van der Waals surface area contributed by atoms with Gasteiger partial charge in [0.15, 0.2) is 0 Å². The van der Waals surface area contributed by atoms with Crippen LogP contribution in [0.4, 0.5) is 5.69 Å². The van der Waals surface area contributed by atoms with Crippen molar-refractivity contribution in [2.75, 3.05) is 17.1 Å². The van der Waals surface area contributed by atoms with Gasteiger partial charge in [0.05, 0.1) is 11.9 Å². The smallest absolute Gasteiger partial charge is 0.244 e. The summed E-state index contributed by atoms with van der Waals surface area (Å²) in [6, 6.07) is 9.32. The van der Waals surface area contributed by atoms with Crippen LogP contribution < -0.4 is 9.62 Å². The summed E-state index contributed by atoms with van der Waals surface area (Å²) < 4.78 is 26.5. The standard InChI is InChI=1S/C26H35Cl2N3O4S/c1-8-23(25(33)29-26(4,5)6)30(15-20-21(27)10-9-11-22(20)28)24(32)16-31(36(7,34)35)19-13-12-17(2)18(3)14-19/h9-14,23H,8,15-16H2,1-7H3,(H,29,33). The van der Waals surface area contributed by atoms with Crippen LogP contribution in [0.1, 0.15) is 50.8 Å². The Kier molecular flexibility index (Phi) is 9.84. The third-order valence-electron chi connectivity index (χ3n) is 5.73. The second kappa shape index (κ2) is 11.8. The predicted octanol–water partition coefficient (Wildman–Crippen LogP) is 5.10. The zero-order valence-electron chi connectivity index (χ0n) is 21.9. The molecule has 0 fully saturated rings. The molecular formula is C26H35Cl2N3O4S. The number of rotatable bonds is 9. The van der Waals surface area contributed by atoms with Gasteiger partial charge in [-0.05, 0) is 76.4 Å². The second-order valence-electron chi connectivity index (χ2n) is 9.92. The number of sulfonamides is 1. The highest BCUT2D eigenvalue weighted by molar-refractivity contribution is 7.92. The SMILES string of the molecule is CCC(C(=O)NC(C)(C)C)N(Cc1c(Cl)cccc1Cl)C(=O)CN(c1ccc(C)c(C)c1)S(C)(=O)=O. The molecule has 0 saturated heterocycles. The van der Waals surface area contributed by atoms with E-state index in [0.29, 0.717) is 27.7 Å². The fraction of sp³-hybridized carbons (Fsp3) is 0.462. The number of nitrogens with zero attached hydrogens (tertiary/aromatic N) is 2. The Labute approximate surface area is 224 Å². The van der Waals surface area contributed by atoms with Gasteiger partial charge in [-0.15, -0.1) is 0 Å². The minimum Gasteiger partial charge on any atom is -0.350 e. The average molecular weight is 557 g/mol. The highest BCUT2D eigenvalue weighted by atomic mass is 35.5. The number of hydrogen-bond donors (Lipinski definition) is 1. The lowest BCUT2D eigenvalue weighted by Crippen LogP contribution is -2.55. The molecule has 2 aromatic carbocycles. The first-order chi connectivity index (χ1) is 16.5. The van der Waals surface area contributed by atoms with E-state index >= 15 is 0 Å². The van der Waals surface area contributed by atoms with Crippen molar-refractivity contribution in [1.29, 1.82) is 0 Å². The van der Waals surface area contributed by atoms with Crippen LogP contribution in [0.2, 0.25) is 10.0 Å². The number of hydrogen-bond acceptors (Lipinski definition) is 4. The first-order valence-electron chi connectivity index (χ1n) is 11.6. The number of amides is 2. The molecule has 0 aliphatic rings. The Bertz CT molecular complexity index is 1210. The van der Waals surface area contributed by atoms with Crippen molar-refractivity contribution in [3.8, 4) is 0 Å². The van der Waals surface area contributed by atoms with Gasteiger partial charge in [0, 0.05) is 27.7 Å². The normalized spacial score (nSPS) is 12.7. The van der Waals surface area contributed by atoms with Gasteiger partial charge >= 0.3 is 0 Å². The number of anilines is 1. The van der Waals surface area contributed by atoms with Crippen molar-refractivity contribution in [3.63, 3.8) is 0 Å². The summed E-state index contributed by atoms with van der Waals surface area (Å²) in [4.78, 5) is 28.4. The molecule has 0 heterocycles. The average Bonchev–Trinajstić information content (AvgIpc) is 2.73. The molecule has 36 heavy (non-hydrogen) atoms. The zero-order valence-corrected chi connectivity index (χ0v) is 24.2. The summed E-state index contributed by atoms with van der Waals surface area (Å²) in [5.41, 5.74) is 2.22. The number of benzene rings is 2. The Hall–Kier alpha value is -2.29. The quantitative estimate of drug-likeness (QED) is 0.466. The molecule has 0 saturated carbocycles. The fourth-order valence-corrected chi connectivity index (χ4v) is 5.08. The topological polar surface area (TPSA) is 86.8 Å². The third kappa shape index (κ3) is 7.85. The monoisotopic (exact) mass is 555 g/mol. The van der Waals surface area contributed by atoms with Gasteiger partial charge < -0.3 is 10.2 Å². The Morgan fingerprint density at radius 2 is 1.61 bits per heavy atom. The maximum absolute atomic E-state index is 13.8. The molecule has 10 heteroatoms. The summed E-state index contributed by atoms with van der Waals surface area (Å²) in [6.45, 7) is 10.6. The van der Waals surface area contributed by atoms with Gasteiger partial charge in [-0.3, -0.25) is 13.9 Å². The van der Waals surface area contributed by atoms with Crippen LogP contribution in [-0.4, -0.2) is 49.5 Å². The van der Waals surface area contributed by atoms with Crippen molar-refractivity contribution in [2.45, 2.75) is 66.1 Å². The molecule has 2 rings (SSSR count). The number of carbonyl (C=O) groups excluding carboxylic acids is 2. The van der Waals surface area contributed by atoms with E-state index in [-0.39, 0.29) is 12.5 Å². The number of carbonyl (C=O) groups is 2. The summed E-state index contributed by atoms with van der Waals surface area (Å²) in [5, 5.41) is 3.61. The van der Waals surface area contributed by atoms with Crippen LogP contribution in [0.15, 0.2) is 36.4 Å². The van der Waals surface area contributed by atoms with Gasteiger partial charge in [-0.1, -0.05) is 42.3 Å². The molecule has 2 aromatic rings. The first kappa shape index (κ1) is 29.9. The molecule has 0 bridgehead atoms. The van der Waals surface area contributed by atoms with E-state index in [2.05, 4.69) is 5.32 Å². The molecular weight excluding hydrogens is 521 g/mol. The van der Waals surface area contributed by atoms with Gasteiger partial charge in [0.25, 0.3) is 0 Å². The van der Waals surface area contributed by atoms with Gasteiger partial charge in [0.1, 0.15) is 12.6 Å². The van der Waals surface area contributed by atoms with E-state index in [1.807, 2.05) is 34.6 Å². The molecule has 1 N–H and O–H groups in total. The van der Waals surface area contributed by atoms with Crippen LogP contribution in [-0.2, 0) is 26.2 Å². The summed E-state index contributed by atoms with van der Waals surface area (Å²) in [7, 11) is -3.81. The molecule has 0 radical (unpaired) electrons. The third-order valence-corrected chi connectivity index (χ3v) is 7.58. The van der Waals surface area contributed by atoms with Gasteiger partial charge in [-0.2, -0.15) is 0 Å². The van der Waals surface area contributed by atoms with Crippen LogP contribution in [0, 0.1) is 13.8 Å². The Morgan fingerprint density at radius 3 is 2.08 bits per heavy atom. The molecule has 0 aliphatic carbocycles. The number of halogens is 2. The molecule has 2 amide bonds. The van der Waals surface area contributed by atoms with Crippen LogP contribution >= 0.6 is 23.2 Å². The lowest BCUT2D eigenvalue weighted by Gasteiger charge is -2.35. The molecule has 1 atom stereocenters. The van der Waals surface area contributed by atoms with Crippen molar-refractivity contribution in [2.24, 2.45) is 0 Å². The molecule has 1 unspecified atom stereocenters. The van der Waals surface area contributed by atoms with E-state index in [4.69, 9.17) is 23.2 Å². The molecule has 0 aliphatic heterocycles. The van der Waals surface area contributed by atoms with Crippen LogP contribution in [0.5, 0.6) is 0 Å². The summed E-state index contributed by atoms with van der Waals surface area (Å²) >= 11 is 12.8. The lowest BCUT2D eigenvalue weighted by molar-refractivity contribution is -0.141. The Balaban J connectivity index is 2.54. The van der Waals surface area contributed by atoms with E-state index in [1.165, 1.54) is 4.90 Å². The van der Waals surface area contributed by atoms with Crippen LogP contribution in [0.3, 0.4) is 0 Å². The number of aryl methyl sites for hydroxylation is 2. The molecule has 7 nitrogen and oxygen atoms in total. The Morgan fingerprint density at radius 1 is 1.03 bits per heavy atom. The fourth-order valence-electron chi connectivity index (χ4n) is 3.72. The highest BCUT2D eigenvalue weighted by Gasteiger charge is 2.33. The molecule has 0 spiro atoms.